The van der Waals surface area contributed by atoms with Gasteiger partial charge in [-0.3, -0.25) is 18.7 Å². The molecule has 0 amide bonds. The van der Waals surface area contributed by atoms with E-state index in [4.69, 9.17) is 30.8 Å². The van der Waals surface area contributed by atoms with Gasteiger partial charge in [0.05, 0.1) is 0 Å². The molecule has 0 unspecified atom stereocenters. The average Bonchev–Trinajstić information content (AvgIpc) is 2.29. The molecule has 8 N–H and O–H groups in total. The van der Waals surface area contributed by atoms with Gasteiger partial charge in [0.15, 0.2) is 0 Å². The highest BCUT2D eigenvalue weighted by molar-refractivity contribution is 8.76. The van der Waals surface area contributed by atoms with Crippen LogP contribution in [0.5, 0.6) is 0 Å². The van der Waals surface area contributed by atoms with Crippen LogP contribution in [0.25, 0.3) is 0 Å². The minimum absolute atomic E-state index is 0.229. The maximum atomic E-state index is 10.3. The van der Waals surface area contributed by atoms with E-state index >= 15 is 0 Å². The lowest BCUT2D eigenvalue weighted by atomic mass is 10.4. The SMILES string of the molecule is N[C@@H](CSSC[C@H](N)C(=O)O)C(=O)O.O=S(=O)(O)OS(=O)(=O)O. The summed E-state index contributed by atoms with van der Waals surface area (Å²) in [5, 5.41) is 16.8. The Morgan fingerprint density at radius 2 is 1.13 bits per heavy atom. The van der Waals surface area contributed by atoms with Crippen molar-refractivity contribution in [2.75, 3.05) is 11.5 Å². The molecular formula is C6H14N2O11S4. The fourth-order valence-electron chi connectivity index (χ4n) is 0.494. The van der Waals surface area contributed by atoms with E-state index in [0.717, 1.165) is 0 Å². The third-order valence-electron chi connectivity index (χ3n) is 1.38. The largest absolute Gasteiger partial charge is 0.480 e. The predicted octanol–water partition coefficient (Wildman–Crippen LogP) is -2.20. The fourth-order valence-corrected chi connectivity index (χ4v) is 3.59. The van der Waals surface area contributed by atoms with Crippen LogP contribution in [0, 0.1) is 0 Å². The van der Waals surface area contributed by atoms with Gasteiger partial charge in [-0.05, 0) is 0 Å². The summed E-state index contributed by atoms with van der Waals surface area (Å²) in [5.41, 5.74) is 10.4. The molecule has 0 spiro atoms. The Hall–Kier alpha value is -0.660. The van der Waals surface area contributed by atoms with Crippen molar-refractivity contribution in [2.45, 2.75) is 12.1 Å². The Labute approximate surface area is 139 Å². The highest BCUT2D eigenvalue weighted by Gasteiger charge is 2.16. The van der Waals surface area contributed by atoms with Crippen molar-refractivity contribution in [1.82, 2.24) is 0 Å². The molecule has 0 fully saturated rings. The van der Waals surface area contributed by atoms with E-state index < -0.39 is 44.8 Å². The van der Waals surface area contributed by atoms with Crippen molar-refractivity contribution in [1.29, 1.82) is 0 Å². The van der Waals surface area contributed by atoms with Crippen LogP contribution in [-0.2, 0) is 34.0 Å². The fraction of sp³-hybridized carbons (Fsp3) is 0.667. The van der Waals surface area contributed by atoms with Crippen LogP contribution in [0.4, 0.5) is 0 Å². The zero-order chi connectivity index (χ0) is 18.8. The Balaban J connectivity index is 0. The molecule has 0 bridgehead atoms. The summed E-state index contributed by atoms with van der Waals surface area (Å²) >= 11 is 0. The van der Waals surface area contributed by atoms with Crippen LogP contribution >= 0.6 is 21.6 Å². The second kappa shape index (κ2) is 11.0. The number of carbonyl (C=O) groups is 2. The molecule has 0 saturated carbocycles. The first-order valence-corrected chi connectivity index (χ1v) is 10.2. The maximum Gasteiger partial charge on any atom is 0.413 e. The van der Waals surface area contributed by atoms with Crippen molar-refractivity contribution < 1.29 is 49.4 Å². The normalized spacial score (nSPS) is 14.3. The van der Waals surface area contributed by atoms with Crippen molar-refractivity contribution in [3.8, 4) is 0 Å². The molecule has 0 saturated heterocycles. The minimum Gasteiger partial charge on any atom is -0.480 e. The lowest BCUT2D eigenvalue weighted by molar-refractivity contribution is -0.138. The summed E-state index contributed by atoms with van der Waals surface area (Å²) in [4.78, 5) is 20.5. The number of hydrogen-bond donors (Lipinski definition) is 6. The highest BCUT2D eigenvalue weighted by atomic mass is 33.1. The molecular weight excluding hydrogens is 404 g/mol. The van der Waals surface area contributed by atoms with Gasteiger partial charge in [-0.2, -0.15) is 16.8 Å². The van der Waals surface area contributed by atoms with Crippen molar-refractivity contribution in [2.24, 2.45) is 11.5 Å². The van der Waals surface area contributed by atoms with Gasteiger partial charge in [-0.25, -0.2) is 0 Å². The first-order chi connectivity index (χ1) is 10.2. The molecule has 13 nitrogen and oxygen atoms in total. The Kier molecular flexibility index (Phi) is 11.8. The predicted molar refractivity (Wildman–Crippen MR) is 80.3 cm³/mol. The molecule has 23 heavy (non-hydrogen) atoms. The first-order valence-electron chi connectivity index (χ1n) is 5.03. The second-order valence-corrected chi connectivity index (χ2v) is 8.19. The van der Waals surface area contributed by atoms with E-state index in [-0.39, 0.29) is 11.5 Å². The van der Waals surface area contributed by atoms with Crippen molar-refractivity contribution in [3.05, 3.63) is 0 Å². The maximum absolute atomic E-state index is 10.3. The third-order valence-corrected chi connectivity index (χ3v) is 5.23. The number of nitrogens with two attached hydrogens (primary N) is 2. The van der Waals surface area contributed by atoms with Gasteiger partial charge >= 0.3 is 32.7 Å². The standard InChI is InChI=1S/C6H12N2O4S2.H2O7S2/c7-3(5(9)10)1-13-14-2-4(8)6(11)12;1-8(2,3)7-9(4,5)6/h3-4H,1-2,7-8H2,(H,9,10)(H,11,12);(H,1,2,3)(H,4,5,6)/t3-,4-;/m0./s1. The van der Waals surface area contributed by atoms with Crippen LogP contribution in [0.1, 0.15) is 0 Å². The van der Waals surface area contributed by atoms with Gasteiger partial charge in [-0.1, -0.05) is 21.6 Å². The lowest BCUT2D eigenvalue weighted by Gasteiger charge is -2.07. The van der Waals surface area contributed by atoms with E-state index in [0.29, 0.717) is 0 Å². The molecule has 2 atom stereocenters. The summed E-state index contributed by atoms with van der Waals surface area (Å²) in [6.45, 7) is 0. The average molecular weight is 418 g/mol. The third kappa shape index (κ3) is 19.3. The molecule has 0 rings (SSSR count). The number of rotatable bonds is 9. The van der Waals surface area contributed by atoms with Crippen LogP contribution in [0.2, 0.25) is 0 Å². The van der Waals surface area contributed by atoms with Gasteiger partial charge in [0.1, 0.15) is 12.1 Å². The summed E-state index contributed by atoms with van der Waals surface area (Å²) in [7, 11) is -7.83. The van der Waals surface area contributed by atoms with Gasteiger partial charge in [-0.15, -0.1) is 3.63 Å². The van der Waals surface area contributed by atoms with E-state index in [2.05, 4.69) is 3.63 Å². The van der Waals surface area contributed by atoms with Crippen molar-refractivity contribution >= 4 is 54.3 Å². The zero-order valence-electron chi connectivity index (χ0n) is 11.0. The molecule has 138 valence electrons. The second-order valence-electron chi connectivity index (χ2n) is 3.38. The summed E-state index contributed by atoms with van der Waals surface area (Å²) in [6, 6.07) is -1.85. The molecule has 0 aromatic rings. The van der Waals surface area contributed by atoms with Crippen LogP contribution in [-0.4, -0.2) is 71.7 Å². The van der Waals surface area contributed by atoms with Crippen LogP contribution < -0.4 is 11.5 Å². The smallest absolute Gasteiger partial charge is 0.413 e. The summed E-state index contributed by atoms with van der Waals surface area (Å²) < 4.78 is 55.6. The first kappa shape index (κ1) is 24.6. The highest BCUT2D eigenvalue weighted by Crippen LogP contribution is 2.22. The Morgan fingerprint density at radius 1 is 0.870 bits per heavy atom. The molecule has 0 aliphatic heterocycles. The number of carboxylic acids is 2. The topological polar surface area (TPSA) is 245 Å². The van der Waals surface area contributed by atoms with Gasteiger partial charge in [0.25, 0.3) is 0 Å². The van der Waals surface area contributed by atoms with Crippen molar-refractivity contribution in [3.63, 3.8) is 0 Å². The van der Waals surface area contributed by atoms with Gasteiger partial charge in [0, 0.05) is 11.5 Å². The number of carboxylic acid groups (broad SMARTS) is 2. The van der Waals surface area contributed by atoms with Gasteiger partial charge in [0.2, 0.25) is 0 Å². The molecule has 17 heteroatoms. The molecule has 0 aliphatic carbocycles. The summed E-state index contributed by atoms with van der Waals surface area (Å²) in [6.07, 6.45) is 0. The molecule has 0 aromatic heterocycles. The van der Waals surface area contributed by atoms with Gasteiger partial charge < -0.3 is 21.7 Å². The number of aliphatic carboxylic acids is 2. The van der Waals surface area contributed by atoms with E-state index in [1.54, 1.807) is 0 Å². The van der Waals surface area contributed by atoms with E-state index in [1.807, 2.05) is 0 Å². The molecule has 0 heterocycles. The van der Waals surface area contributed by atoms with Crippen LogP contribution in [0.15, 0.2) is 0 Å². The monoisotopic (exact) mass is 418 g/mol. The number of hydrogen-bond acceptors (Lipinski definition) is 11. The van der Waals surface area contributed by atoms with E-state index in [9.17, 15) is 26.4 Å². The zero-order valence-corrected chi connectivity index (χ0v) is 14.3. The lowest BCUT2D eigenvalue weighted by Crippen LogP contribution is -2.33. The molecule has 0 aromatic carbocycles. The van der Waals surface area contributed by atoms with Crippen LogP contribution in [0.3, 0.4) is 0 Å². The minimum atomic E-state index is -5.12. The quantitative estimate of drug-likeness (QED) is 0.132. The Morgan fingerprint density at radius 3 is 1.26 bits per heavy atom. The Bertz CT molecular complexity index is 536. The molecule has 0 aliphatic rings. The summed E-state index contributed by atoms with van der Waals surface area (Å²) in [5.74, 6) is -1.68. The molecule has 0 radical (unpaired) electrons. The van der Waals surface area contributed by atoms with E-state index in [1.165, 1.54) is 21.6 Å².